The highest BCUT2D eigenvalue weighted by Gasteiger charge is 2.09. The van der Waals surface area contributed by atoms with E-state index in [4.69, 9.17) is 22.8 Å². The molecule has 0 aliphatic carbocycles. The average Bonchev–Trinajstić information content (AvgIpc) is 1.82. The first-order valence-corrected chi connectivity index (χ1v) is 5.92. The fraction of sp³-hybridized carbons (Fsp3) is 0.800. The molecule has 0 heterocycles. The van der Waals surface area contributed by atoms with Crippen LogP contribution in [0.4, 0.5) is 0 Å². The molecule has 2 nitrogen and oxygen atoms in total. The van der Waals surface area contributed by atoms with Crippen LogP contribution in [0.2, 0.25) is 0 Å². The van der Waals surface area contributed by atoms with Crippen LogP contribution in [0.25, 0.3) is 0 Å². The maximum absolute atomic E-state index is 10.4. The average molecular weight is 203 g/mol. The molecule has 0 aromatic rings. The zero-order valence-electron chi connectivity index (χ0n) is 5.56. The number of hydrogen-bond acceptors (Lipinski definition) is 2. The van der Waals surface area contributed by atoms with Gasteiger partial charge in [0.25, 0.3) is 0 Å². The van der Waals surface area contributed by atoms with Gasteiger partial charge in [-0.1, -0.05) is 18.2 Å². The molecule has 0 saturated heterocycles. The van der Waals surface area contributed by atoms with Gasteiger partial charge in [-0.25, -0.2) is 0 Å². The monoisotopic (exact) mass is 202 g/mol. The summed E-state index contributed by atoms with van der Waals surface area (Å²) in [6.45, 7) is 1.69. The Balaban J connectivity index is 3.49. The molecule has 0 aromatic carbocycles. The first-order chi connectivity index (χ1) is 4.54. The van der Waals surface area contributed by atoms with Crippen LogP contribution in [0.1, 0.15) is 13.3 Å². The molecule has 0 aliphatic heterocycles. The van der Waals surface area contributed by atoms with Gasteiger partial charge in [0, 0.05) is 12.1 Å². The molecule has 0 saturated carbocycles. The molecule has 0 aliphatic rings. The molecule has 0 N–H and O–H groups in total. The van der Waals surface area contributed by atoms with Gasteiger partial charge >= 0.3 is 0 Å². The van der Waals surface area contributed by atoms with E-state index in [1.165, 1.54) is 0 Å². The summed E-state index contributed by atoms with van der Waals surface area (Å²) in [5.41, 5.74) is 0. The van der Waals surface area contributed by atoms with Crippen molar-refractivity contribution in [3.63, 3.8) is 0 Å². The van der Waals surface area contributed by atoms with Gasteiger partial charge in [0.1, 0.15) is 0 Å². The van der Waals surface area contributed by atoms with Crippen LogP contribution in [0.15, 0.2) is 0 Å². The van der Waals surface area contributed by atoms with Crippen LogP contribution in [-0.4, -0.2) is 11.4 Å². The van der Waals surface area contributed by atoms with Gasteiger partial charge in [-0.2, -0.15) is 0 Å². The molecule has 2 atom stereocenters. The second kappa shape index (κ2) is 5.17. The Kier molecular flexibility index (Phi) is 5.42. The molecule has 60 valence electrons. The summed E-state index contributed by atoms with van der Waals surface area (Å²) >= 11 is 10.4. The van der Waals surface area contributed by atoms with Gasteiger partial charge in [-0.3, -0.25) is 4.79 Å². The molecule has 2 unspecified atom stereocenters. The van der Waals surface area contributed by atoms with Crippen LogP contribution in [0.5, 0.6) is 0 Å². The fourth-order valence-corrected chi connectivity index (χ4v) is 1.54. The zero-order chi connectivity index (χ0) is 8.15. The predicted molar refractivity (Wildman–Crippen MR) is 44.4 cm³/mol. The van der Waals surface area contributed by atoms with Crippen LogP contribution in [-0.2, 0) is 9.36 Å². The molecule has 0 amide bonds. The van der Waals surface area contributed by atoms with Crippen molar-refractivity contribution < 1.29 is 9.36 Å². The van der Waals surface area contributed by atoms with E-state index in [1.54, 1.807) is 6.92 Å². The Morgan fingerprint density at radius 1 is 1.70 bits per heavy atom. The van der Waals surface area contributed by atoms with Crippen molar-refractivity contribution in [3.05, 3.63) is 0 Å². The summed E-state index contributed by atoms with van der Waals surface area (Å²) in [5, 5.41) is -0.389. The number of carbonyl (C=O) groups is 1. The second-order valence-corrected chi connectivity index (χ2v) is 4.95. The Labute approximate surface area is 70.5 Å². The first kappa shape index (κ1) is 10.5. The quantitative estimate of drug-likeness (QED) is 0.519. The van der Waals surface area contributed by atoms with Gasteiger partial charge in [-0.15, -0.1) is 0 Å². The second-order valence-electron chi connectivity index (χ2n) is 2.10. The topological polar surface area (TPSA) is 34.1 Å². The summed E-state index contributed by atoms with van der Waals surface area (Å²) in [6, 6.07) is 0. The first-order valence-electron chi connectivity index (χ1n) is 2.91. The smallest absolute Gasteiger partial charge is 0.224 e. The molecule has 0 spiro atoms. The van der Waals surface area contributed by atoms with E-state index in [2.05, 4.69) is 0 Å². The molecule has 0 aromatic heterocycles. The molecule has 0 bridgehead atoms. The van der Waals surface area contributed by atoms with E-state index < -0.39 is 7.15 Å². The number of hydrogen-bond donors (Lipinski definition) is 0. The lowest BCUT2D eigenvalue weighted by Crippen LogP contribution is -2.03. The van der Waals surface area contributed by atoms with E-state index in [1.807, 2.05) is 0 Å². The summed E-state index contributed by atoms with van der Waals surface area (Å²) in [4.78, 5) is 10.4. The minimum Gasteiger partial charge on any atom is -0.310 e. The molecule has 0 rings (SSSR count). The van der Waals surface area contributed by atoms with Gasteiger partial charge in [-0.05, 0) is 18.0 Å². The summed E-state index contributed by atoms with van der Waals surface area (Å²) in [5.74, 6) is -0.227. The number of halogens is 2. The molecule has 0 fully saturated rings. The van der Waals surface area contributed by atoms with E-state index in [-0.39, 0.29) is 11.2 Å². The normalized spacial score (nSPS) is 16.3. The molecule has 0 radical (unpaired) electrons. The standard InChI is InChI=1S/C5H9Cl2O2P/c1-4(5(6)8)2-3-10(7)9/h4,10H,2-3H2,1H3. The Morgan fingerprint density at radius 2 is 2.20 bits per heavy atom. The third-order valence-corrected chi connectivity index (χ3v) is 2.78. The minimum absolute atomic E-state index is 0.227. The molecule has 10 heavy (non-hydrogen) atoms. The van der Waals surface area contributed by atoms with Crippen LogP contribution in [0.3, 0.4) is 0 Å². The van der Waals surface area contributed by atoms with Crippen molar-refractivity contribution in [2.24, 2.45) is 5.92 Å². The van der Waals surface area contributed by atoms with E-state index in [9.17, 15) is 9.36 Å². The van der Waals surface area contributed by atoms with Crippen molar-refractivity contribution >= 4 is 35.2 Å². The predicted octanol–water partition coefficient (Wildman–Crippen LogP) is 2.49. The Hall–Kier alpha value is 0.480. The fourth-order valence-electron chi connectivity index (χ4n) is 0.443. The van der Waals surface area contributed by atoms with Crippen molar-refractivity contribution in [1.82, 2.24) is 0 Å². The lowest BCUT2D eigenvalue weighted by molar-refractivity contribution is -0.114. The van der Waals surface area contributed by atoms with Crippen molar-refractivity contribution in [1.29, 1.82) is 0 Å². The maximum Gasteiger partial charge on any atom is 0.224 e. The summed E-state index contributed by atoms with van der Waals surface area (Å²) < 4.78 is 10.4. The highest BCUT2D eigenvalue weighted by Crippen LogP contribution is 2.28. The van der Waals surface area contributed by atoms with Crippen molar-refractivity contribution in [2.45, 2.75) is 13.3 Å². The SMILES string of the molecule is CC(CC[PH](=O)Cl)C(=O)Cl. The van der Waals surface area contributed by atoms with Gasteiger partial charge in [0.2, 0.25) is 5.24 Å². The third kappa shape index (κ3) is 5.28. The van der Waals surface area contributed by atoms with E-state index in [0.717, 1.165) is 0 Å². The molecule has 5 heteroatoms. The van der Waals surface area contributed by atoms with Crippen molar-refractivity contribution in [2.75, 3.05) is 6.16 Å². The molecular weight excluding hydrogens is 194 g/mol. The van der Waals surface area contributed by atoms with Gasteiger partial charge < -0.3 is 4.57 Å². The highest BCUT2D eigenvalue weighted by molar-refractivity contribution is 7.73. The van der Waals surface area contributed by atoms with Crippen LogP contribution >= 0.6 is 30.0 Å². The highest BCUT2D eigenvalue weighted by atomic mass is 35.7. The van der Waals surface area contributed by atoms with Crippen molar-refractivity contribution in [3.8, 4) is 0 Å². The van der Waals surface area contributed by atoms with Crippen LogP contribution in [0, 0.1) is 5.92 Å². The largest absolute Gasteiger partial charge is 0.310 e. The Morgan fingerprint density at radius 3 is 2.50 bits per heavy atom. The van der Waals surface area contributed by atoms with Gasteiger partial charge in [0.15, 0.2) is 7.15 Å². The third-order valence-electron chi connectivity index (χ3n) is 1.16. The number of rotatable bonds is 4. The zero-order valence-corrected chi connectivity index (χ0v) is 8.08. The Bertz CT molecular complexity index is 149. The van der Waals surface area contributed by atoms with Crippen LogP contribution < -0.4 is 0 Å². The molecular formula is C5H9Cl2O2P. The lowest BCUT2D eigenvalue weighted by Gasteiger charge is -2.01. The van der Waals surface area contributed by atoms with E-state index >= 15 is 0 Å². The van der Waals surface area contributed by atoms with E-state index in [0.29, 0.717) is 12.6 Å². The number of carbonyl (C=O) groups excluding carboxylic acids is 1. The lowest BCUT2D eigenvalue weighted by atomic mass is 10.1. The summed E-state index contributed by atoms with van der Waals surface area (Å²) in [6.07, 6.45) is 0.912. The van der Waals surface area contributed by atoms with Gasteiger partial charge in [0.05, 0.1) is 0 Å². The minimum atomic E-state index is -1.95. The maximum atomic E-state index is 10.4. The summed E-state index contributed by atoms with van der Waals surface area (Å²) in [7, 11) is -1.95.